The van der Waals surface area contributed by atoms with Crippen molar-refractivity contribution >= 4 is 11.4 Å². The SMILES string of the molecule is c1cc(N2C[C@@H]3OCCN(c4cncnc4)[C@@H]3C2)ccn1. The van der Waals surface area contributed by atoms with Gasteiger partial charge in [-0.3, -0.25) is 4.98 Å². The Hall–Kier alpha value is -2.21. The molecule has 108 valence electrons. The molecule has 6 heteroatoms. The number of anilines is 2. The maximum absolute atomic E-state index is 5.97. The second-order valence-electron chi connectivity index (χ2n) is 5.38. The number of rotatable bonds is 2. The van der Waals surface area contributed by atoms with Crippen molar-refractivity contribution < 1.29 is 4.74 Å². The molecule has 2 aromatic rings. The third kappa shape index (κ3) is 2.31. The molecule has 0 unspecified atom stereocenters. The van der Waals surface area contributed by atoms with E-state index in [2.05, 4.69) is 24.8 Å². The summed E-state index contributed by atoms with van der Waals surface area (Å²) in [5.74, 6) is 0. The standard InChI is InChI=1S/C15H17N5O/c1-3-16-4-2-12(1)19-9-14-15(10-19)21-6-5-20(14)13-7-17-11-18-8-13/h1-4,7-8,11,14-15H,5-6,9-10H2/t14-,15+/m1/s1. The number of morpholine rings is 1. The summed E-state index contributed by atoms with van der Waals surface area (Å²) >= 11 is 0. The molecule has 4 rings (SSSR count). The highest BCUT2D eigenvalue weighted by Gasteiger charge is 2.40. The lowest BCUT2D eigenvalue weighted by molar-refractivity contribution is 0.0355. The fourth-order valence-electron chi connectivity index (χ4n) is 3.21. The molecule has 2 aliphatic rings. The summed E-state index contributed by atoms with van der Waals surface area (Å²) in [5, 5.41) is 0. The smallest absolute Gasteiger partial charge is 0.115 e. The molecule has 6 nitrogen and oxygen atoms in total. The number of hydrogen-bond acceptors (Lipinski definition) is 6. The summed E-state index contributed by atoms with van der Waals surface area (Å²) in [6.45, 7) is 3.50. The highest BCUT2D eigenvalue weighted by Crippen LogP contribution is 2.29. The van der Waals surface area contributed by atoms with Crippen molar-refractivity contribution in [2.75, 3.05) is 36.0 Å². The molecule has 0 aliphatic carbocycles. The summed E-state index contributed by atoms with van der Waals surface area (Å²) in [6, 6.07) is 4.44. The van der Waals surface area contributed by atoms with E-state index in [1.807, 2.05) is 36.9 Å². The lowest BCUT2D eigenvalue weighted by Crippen LogP contribution is -2.51. The zero-order chi connectivity index (χ0) is 14.1. The third-order valence-electron chi connectivity index (χ3n) is 4.21. The maximum atomic E-state index is 5.97. The van der Waals surface area contributed by atoms with Gasteiger partial charge in [0.05, 0.1) is 36.8 Å². The van der Waals surface area contributed by atoms with Gasteiger partial charge in [0.2, 0.25) is 0 Å². The van der Waals surface area contributed by atoms with Crippen LogP contribution in [0.4, 0.5) is 11.4 Å². The summed E-state index contributed by atoms with van der Waals surface area (Å²) in [5.41, 5.74) is 2.28. The Kier molecular flexibility index (Phi) is 3.16. The van der Waals surface area contributed by atoms with E-state index in [-0.39, 0.29) is 6.10 Å². The van der Waals surface area contributed by atoms with Crippen LogP contribution in [-0.2, 0) is 4.74 Å². The number of hydrogen-bond donors (Lipinski definition) is 0. The first kappa shape index (κ1) is 12.5. The number of pyridine rings is 1. The van der Waals surface area contributed by atoms with E-state index in [1.54, 1.807) is 6.33 Å². The van der Waals surface area contributed by atoms with Crippen LogP contribution in [0.2, 0.25) is 0 Å². The molecular weight excluding hydrogens is 266 g/mol. The molecule has 2 aliphatic heterocycles. The van der Waals surface area contributed by atoms with Crippen molar-refractivity contribution in [1.29, 1.82) is 0 Å². The third-order valence-corrected chi connectivity index (χ3v) is 4.21. The first-order valence-electron chi connectivity index (χ1n) is 7.20. The highest BCUT2D eigenvalue weighted by atomic mass is 16.5. The predicted molar refractivity (Wildman–Crippen MR) is 79.4 cm³/mol. The average Bonchev–Trinajstić information content (AvgIpc) is 3.00. The van der Waals surface area contributed by atoms with Crippen molar-refractivity contribution in [3.63, 3.8) is 0 Å². The molecule has 0 N–H and O–H groups in total. The van der Waals surface area contributed by atoms with Gasteiger partial charge in [0.1, 0.15) is 6.33 Å². The van der Waals surface area contributed by atoms with E-state index < -0.39 is 0 Å². The Morgan fingerprint density at radius 2 is 1.81 bits per heavy atom. The summed E-state index contributed by atoms with van der Waals surface area (Å²) < 4.78 is 5.97. The van der Waals surface area contributed by atoms with E-state index in [1.165, 1.54) is 5.69 Å². The number of nitrogens with zero attached hydrogens (tertiary/aromatic N) is 5. The Balaban J connectivity index is 1.58. The van der Waals surface area contributed by atoms with E-state index >= 15 is 0 Å². The first-order valence-corrected chi connectivity index (χ1v) is 7.20. The Labute approximate surface area is 123 Å². The molecule has 2 aromatic heterocycles. The summed E-state index contributed by atoms with van der Waals surface area (Å²) in [4.78, 5) is 17.1. The molecule has 2 saturated heterocycles. The van der Waals surface area contributed by atoms with Gasteiger partial charge in [0, 0.05) is 37.7 Å². The average molecular weight is 283 g/mol. The monoisotopic (exact) mass is 283 g/mol. The van der Waals surface area contributed by atoms with Crippen molar-refractivity contribution in [2.45, 2.75) is 12.1 Å². The fourth-order valence-corrected chi connectivity index (χ4v) is 3.21. The van der Waals surface area contributed by atoms with Crippen LogP contribution in [0, 0.1) is 0 Å². The van der Waals surface area contributed by atoms with Gasteiger partial charge >= 0.3 is 0 Å². The van der Waals surface area contributed by atoms with Crippen LogP contribution >= 0.6 is 0 Å². The molecule has 0 saturated carbocycles. The minimum Gasteiger partial charge on any atom is -0.372 e. The van der Waals surface area contributed by atoms with Gasteiger partial charge in [-0.1, -0.05) is 0 Å². The van der Waals surface area contributed by atoms with Crippen molar-refractivity contribution in [3.8, 4) is 0 Å². The van der Waals surface area contributed by atoms with Crippen LogP contribution < -0.4 is 9.80 Å². The molecule has 0 radical (unpaired) electrons. The van der Waals surface area contributed by atoms with Crippen LogP contribution in [0.15, 0.2) is 43.2 Å². The van der Waals surface area contributed by atoms with Crippen LogP contribution in [-0.4, -0.2) is 53.3 Å². The van der Waals surface area contributed by atoms with Gasteiger partial charge < -0.3 is 14.5 Å². The fraction of sp³-hybridized carbons (Fsp3) is 0.400. The molecule has 0 aromatic carbocycles. The normalized spacial score (nSPS) is 25.0. The predicted octanol–water partition coefficient (Wildman–Crippen LogP) is 0.966. The first-order chi connectivity index (χ1) is 10.4. The topological polar surface area (TPSA) is 54.4 Å². The van der Waals surface area contributed by atoms with Crippen molar-refractivity contribution in [1.82, 2.24) is 15.0 Å². The minimum absolute atomic E-state index is 0.229. The Morgan fingerprint density at radius 3 is 2.62 bits per heavy atom. The van der Waals surface area contributed by atoms with E-state index in [0.29, 0.717) is 6.04 Å². The van der Waals surface area contributed by atoms with Gasteiger partial charge in [-0.15, -0.1) is 0 Å². The molecule has 4 heterocycles. The quantitative estimate of drug-likeness (QED) is 0.818. The van der Waals surface area contributed by atoms with Crippen molar-refractivity contribution in [3.05, 3.63) is 43.2 Å². The van der Waals surface area contributed by atoms with Crippen LogP contribution in [0.1, 0.15) is 0 Å². The van der Waals surface area contributed by atoms with E-state index in [4.69, 9.17) is 4.74 Å². The second kappa shape index (κ2) is 5.29. The van der Waals surface area contributed by atoms with Crippen LogP contribution in [0.25, 0.3) is 0 Å². The lowest BCUT2D eigenvalue weighted by atomic mass is 10.1. The molecular formula is C15H17N5O. The number of fused-ring (bicyclic) bond motifs is 1. The van der Waals surface area contributed by atoms with Gasteiger partial charge in [-0.2, -0.15) is 0 Å². The molecule has 2 atom stereocenters. The van der Waals surface area contributed by atoms with Gasteiger partial charge in [0.15, 0.2) is 0 Å². The number of aromatic nitrogens is 3. The molecule has 0 bridgehead atoms. The minimum atomic E-state index is 0.229. The zero-order valence-corrected chi connectivity index (χ0v) is 11.7. The Morgan fingerprint density at radius 1 is 1.00 bits per heavy atom. The second-order valence-corrected chi connectivity index (χ2v) is 5.38. The zero-order valence-electron chi connectivity index (χ0n) is 11.7. The van der Waals surface area contributed by atoms with Crippen molar-refractivity contribution in [2.24, 2.45) is 0 Å². The molecule has 21 heavy (non-hydrogen) atoms. The van der Waals surface area contributed by atoms with Crippen LogP contribution in [0.5, 0.6) is 0 Å². The molecule has 0 spiro atoms. The van der Waals surface area contributed by atoms with Gasteiger partial charge in [0.25, 0.3) is 0 Å². The summed E-state index contributed by atoms with van der Waals surface area (Å²) in [6.07, 6.45) is 9.23. The summed E-state index contributed by atoms with van der Waals surface area (Å²) in [7, 11) is 0. The van der Waals surface area contributed by atoms with E-state index in [0.717, 1.165) is 31.9 Å². The number of ether oxygens (including phenoxy) is 1. The van der Waals surface area contributed by atoms with Crippen LogP contribution in [0.3, 0.4) is 0 Å². The molecule has 0 amide bonds. The lowest BCUT2D eigenvalue weighted by Gasteiger charge is -2.37. The Bertz CT molecular complexity index is 594. The van der Waals surface area contributed by atoms with Gasteiger partial charge in [-0.05, 0) is 12.1 Å². The maximum Gasteiger partial charge on any atom is 0.115 e. The molecule has 2 fully saturated rings. The largest absolute Gasteiger partial charge is 0.372 e. The van der Waals surface area contributed by atoms with E-state index in [9.17, 15) is 0 Å². The van der Waals surface area contributed by atoms with Gasteiger partial charge in [-0.25, -0.2) is 9.97 Å². The highest BCUT2D eigenvalue weighted by molar-refractivity contribution is 5.51.